The number of nitrogens with one attached hydrogen (secondary N) is 1. The van der Waals surface area contributed by atoms with Gasteiger partial charge in [0, 0.05) is 27.2 Å². The molecule has 0 aromatic carbocycles. The molecule has 1 saturated heterocycles. The average Bonchev–Trinajstić information content (AvgIpc) is 2.90. The first kappa shape index (κ1) is 17.2. The van der Waals surface area contributed by atoms with Crippen LogP contribution in [0.1, 0.15) is 19.8 Å². The van der Waals surface area contributed by atoms with E-state index in [0.29, 0.717) is 19.4 Å². The first-order valence-electron chi connectivity index (χ1n) is 6.96. The number of nitrogens with zero attached hydrogens (tertiary/aromatic N) is 2. The van der Waals surface area contributed by atoms with Crippen molar-refractivity contribution in [2.24, 2.45) is 0 Å². The van der Waals surface area contributed by atoms with E-state index in [1.54, 1.807) is 21.0 Å². The van der Waals surface area contributed by atoms with Crippen LogP contribution in [0.4, 0.5) is 4.79 Å². The molecule has 2 unspecified atom stereocenters. The topological polar surface area (TPSA) is 99.2 Å². The van der Waals surface area contributed by atoms with E-state index in [1.807, 2.05) is 0 Å². The fourth-order valence-corrected chi connectivity index (χ4v) is 1.98. The molecule has 1 aliphatic rings. The molecule has 8 heteroatoms. The van der Waals surface area contributed by atoms with Crippen LogP contribution in [0.2, 0.25) is 0 Å². The zero-order chi connectivity index (χ0) is 16.0. The van der Waals surface area contributed by atoms with Crippen LogP contribution >= 0.6 is 0 Å². The van der Waals surface area contributed by atoms with Gasteiger partial charge in [-0.25, -0.2) is 9.59 Å². The molecule has 0 saturated carbocycles. The summed E-state index contributed by atoms with van der Waals surface area (Å²) in [5.74, 6) is -1.13. The molecule has 1 fully saturated rings. The Kier molecular flexibility index (Phi) is 6.41. The van der Waals surface area contributed by atoms with Gasteiger partial charge in [-0.15, -0.1) is 0 Å². The molecule has 2 N–H and O–H groups in total. The summed E-state index contributed by atoms with van der Waals surface area (Å²) in [6.07, 6.45) is -0.0326. The highest BCUT2D eigenvalue weighted by atomic mass is 16.5. The molecule has 0 aromatic rings. The highest BCUT2D eigenvalue weighted by Crippen LogP contribution is 2.19. The summed E-state index contributed by atoms with van der Waals surface area (Å²) in [6, 6.07) is -0.352. The predicted octanol–water partition coefficient (Wildman–Crippen LogP) is -0.262. The summed E-state index contributed by atoms with van der Waals surface area (Å²) in [6.45, 7) is 2.46. The average molecular weight is 301 g/mol. The molecule has 1 aliphatic heterocycles. The predicted molar refractivity (Wildman–Crippen MR) is 74.9 cm³/mol. The number of likely N-dealkylation sites (N-methyl/N-ethyl adjacent to an activating group) is 2. The molecular formula is C13H23N3O5. The Morgan fingerprint density at radius 2 is 1.95 bits per heavy atom. The highest BCUT2D eigenvalue weighted by molar-refractivity contribution is 5.83. The molecular weight excluding hydrogens is 278 g/mol. The van der Waals surface area contributed by atoms with E-state index in [2.05, 4.69) is 5.32 Å². The summed E-state index contributed by atoms with van der Waals surface area (Å²) < 4.78 is 5.30. The molecule has 21 heavy (non-hydrogen) atoms. The third kappa shape index (κ3) is 5.22. The quantitative estimate of drug-likeness (QED) is 0.704. The number of carboxylic acids is 1. The Bertz CT molecular complexity index is 399. The number of rotatable bonds is 6. The minimum atomic E-state index is -0.976. The molecule has 1 rings (SSSR count). The third-order valence-electron chi connectivity index (χ3n) is 3.36. The van der Waals surface area contributed by atoms with Gasteiger partial charge in [-0.2, -0.15) is 0 Å². The van der Waals surface area contributed by atoms with Gasteiger partial charge in [-0.05, 0) is 19.8 Å². The SMILES string of the molecule is CCN(CC(=O)N(C)C)C(=O)NCC1CCC(C(=O)O)O1. The highest BCUT2D eigenvalue weighted by Gasteiger charge is 2.30. The number of aliphatic carboxylic acids is 1. The van der Waals surface area contributed by atoms with Crippen LogP contribution in [0.15, 0.2) is 0 Å². The monoisotopic (exact) mass is 301 g/mol. The minimum Gasteiger partial charge on any atom is -0.479 e. The third-order valence-corrected chi connectivity index (χ3v) is 3.36. The van der Waals surface area contributed by atoms with Crippen LogP contribution in [0.25, 0.3) is 0 Å². The molecule has 2 atom stereocenters. The van der Waals surface area contributed by atoms with Crippen molar-refractivity contribution in [3.63, 3.8) is 0 Å². The summed E-state index contributed by atoms with van der Waals surface area (Å²) in [5.41, 5.74) is 0. The number of urea groups is 1. The van der Waals surface area contributed by atoms with Crippen LogP contribution in [0, 0.1) is 0 Å². The first-order chi connectivity index (χ1) is 9.85. The second-order valence-corrected chi connectivity index (χ2v) is 5.15. The fourth-order valence-electron chi connectivity index (χ4n) is 1.98. The van der Waals surface area contributed by atoms with Gasteiger partial charge < -0.3 is 25.0 Å². The maximum atomic E-state index is 12.0. The van der Waals surface area contributed by atoms with Crippen molar-refractivity contribution in [3.8, 4) is 0 Å². The van der Waals surface area contributed by atoms with E-state index in [9.17, 15) is 14.4 Å². The van der Waals surface area contributed by atoms with E-state index >= 15 is 0 Å². The zero-order valence-electron chi connectivity index (χ0n) is 12.7. The summed E-state index contributed by atoms with van der Waals surface area (Å²) >= 11 is 0. The van der Waals surface area contributed by atoms with Gasteiger partial charge in [-0.3, -0.25) is 4.79 Å². The van der Waals surface area contributed by atoms with E-state index in [0.717, 1.165) is 0 Å². The van der Waals surface area contributed by atoms with Gasteiger partial charge in [0.05, 0.1) is 6.10 Å². The van der Waals surface area contributed by atoms with Gasteiger partial charge in [0.1, 0.15) is 6.54 Å². The zero-order valence-corrected chi connectivity index (χ0v) is 12.7. The van der Waals surface area contributed by atoms with Crippen LogP contribution < -0.4 is 5.32 Å². The Morgan fingerprint density at radius 3 is 2.43 bits per heavy atom. The molecule has 120 valence electrons. The lowest BCUT2D eigenvalue weighted by molar-refractivity contribution is -0.149. The maximum absolute atomic E-state index is 12.0. The van der Waals surface area contributed by atoms with Crippen molar-refractivity contribution >= 4 is 17.9 Å². The van der Waals surface area contributed by atoms with Gasteiger partial charge in [0.15, 0.2) is 6.10 Å². The Hall–Kier alpha value is -1.83. The van der Waals surface area contributed by atoms with E-state index in [4.69, 9.17) is 9.84 Å². The number of hydrogen-bond acceptors (Lipinski definition) is 4. The molecule has 0 aliphatic carbocycles. The number of ether oxygens (including phenoxy) is 1. The fraction of sp³-hybridized carbons (Fsp3) is 0.769. The molecule has 8 nitrogen and oxygen atoms in total. The summed E-state index contributed by atoms with van der Waals surface area (Å²) in [7, 11) is 3.26. The van der Waals surface area contributed by atoms with Crippen molar-refractivity contribution in [1.29, 1.82) is 0 Å². The lowest BCUT2D eigenvalue weighted by Crippen LogP contribution is -2.46. The normalized spacial score (nSPS) is 20.9. The molecule has 0 spiro atoms. The minimum absolute atomic E-state index is 0.0125. The van der Waals surface area contributed by atoms with E-state index < -0.39 is 12.1 Å². The van der Waals surface area contributed by atoms with E-state index in [-0.39, 0.29) is 31.1 Å². The van der Waals surface area contributed by atoms with E-state index in [1.165, 1.54) is 9.80 Å². The lowest BCUT2D eigenvalue weighted by Gasteiger charge is -2.23. The number of carboxylic acid groups (broad SMARTS) is 1. The molecule has 0 bridgehead atoms. The molecule has 1 heterocycles. The number of amides is 3. The van der Waals surface area contributed by atoms with Gasteiger partial charge >= 0.3 is 12.0 Å². The van der Waals surface area contributed by atoms with Crippen molar-refractivity contribution < 1.29 is 24.2 Å². The Labute approximate surface area is 124 Å². The van der Waals surface area contributed by atoms with Crippen LogP contribution in [-0.2, 0) is 14.3 Å². The first-order valence-corrected chi connectivity index (χ1v) is 6.96. The largest absolute Gasteiger partial charge is 0.479 e. The van der Waals surface area contributed by atoms with Gasteiger partial charge in [0.25, 0.3) is 0 Å². The van der Waals surface area contributed by atoms with Crippen molar-refractivity contribution in [1.82, 2.24) is 15.1 Å². The molecule has 3 amide bonds. The van der Waals surface area contributed by atoms with Crippen molar-refractivity contribution in [3.05, 3.63) is 0 Å². The second-order valence-electron chi connectivity index (χ2n) is 5.15. The summed E-state index contributed by atoms with van der Waals surface area (Å²) in [4.78, 5) is 37.2. The molecule has 0 radical (unpaired) electrons. The Balaban J connectivity index is 2.38. The van der Waals surface area contributed by atoms with Gasteiger partial charge in [0.2, 0.25) is 5.91 Å². The van der Waals surface area contributed by atoms with Crippen LogP contribution in [0.3, 0.4) is 0 Å². The number of hydrogen-bond donors (Lipinski definition) is 2. The van der Waals surface area contributed by atoms with Crippen LogP contribution in [0.5, 0.6) is 0 Å². The standard InChI is InChI=1S/C13H23N3O5/c1-4-16(8-11(17)15(2)3)13(20)14-7-9-5-6-10(21-9)12(18)19/h9-10H,4-8H2,1-3H3,(H,14,20)(H,18,19). The number of carbonyl (C=O) groups is 3. The number of carbonyl (C=O) groups excluding carboxylic acids is 2. The van der Waals surface area contributed by atoms with Gasteiger partial charge in [-0.1, -0.05) is 0 Å². The second kappa shape index (κ2) is 7.82. The molecule has 0 aromatic heterocycles. The Morgan fingerprint density at radius 1 is 1.29 bits per heavy atom. The smallest absolute Gasteiger partial charge is 0.332 e. The van der Waals surface area contributed by atoms with Crippen LogP contribution in [-0.4, -0.2) is 78.8 Å². The summed E-state index contributed by atoms with van der Waals surface area (Å²) in [5, 5.41) is 11.5. The van der Waals surface area contributed by atoms with Crippen molar-refractivity contribution in [2.45, 2.75) is 32.0 Å². The maximum Gasteiger partial charge on any atom is 0.332 e. The lowest BCUT2D eigenvalue weighted by atomic mass is 10.2. The van der Waals surface area contributed by atoms with Crippen molar-refractivity contribution in [2.75, 3.05) is 33.7 Å².